The quantitative estimate of drug-likeness (QED) is 0.800. The highest BCUT2D eigenvalue weighted by Gasteiger charge is 2.40. The zero-order valence-corrected chi connectivity index (χ0v) is 14.6. The normalized spacial score (nSPS) is 20.5. The molecule has 1 N–H and O–H groups in total. The smallest absolute Gasteiger partial charge is 0.378 e. The molecule has 1 aliphatic carbocycles. The van der Waals surface area contributed by atoms with Crippen LogP contribution in [0.2, 0.25) is 0 Å². The molecule has 1 amide bonds. The van der Waals surface area contributed by atoms with Crippen LogP contribution in [0.25, 0.3) is 5.65 Å². The second-order valence-electron chi connectivity index (χ2n) is 5.59. The van der Waals surface area contributed by atoms with Crippen molar-refractivity contribution in [1.82, 2.24) is 19.9 Å². The fourth-order valence-electron chi connectivity index (χ4n) is 2.59. The highest BCUT2D eigenvalue weighted by Crippen LogP contribution is 2.30. The molecule has 0 spiro atoms. The van der Waals surface area contributed by atoms with Crippen molar-refractivity contribution in [3.63, 3.8) is 0 Å². The number of rotatable bonds is 5. The van der Waals surface area contributed by atoms with Crippen LogP contribution in [0.5, 0.6) is 0 Å². The number of carbonyl (C=O) groups excluding carboxylic acids is 1. The molecule has 0 bridgehead atoms. The van der Waals surface area contributed by atoms with Crippen LogP contribution >= 0.6 is 15.9 Å². The van der Waals surface area contributed by atoms with E-state index >= 15 is 0 Å². The van der Waals surface area contributed by atoms with Crippen LogP contribution in [0, 0.1) is 0 Å². The predicted octanol–water partition coefficient (Wildman–Crippen LogP) is 2.44. The van der Waals surface area contributed by atoms with Crippen molar-refractivity contribution in [3.05, 3.63) is 28.1 Å². The van der Waals surface area contributed by atoms with E-state index in [4.69, 9.17) is 4.74 Å². The molecule has 0 unspecified atom stereocenters. The third-order valence-corrected chi connectivity index (χ3v) is 4.58. The number of fused-ring (bicyclic) bond motifs is 1. The molecule has 0 saturated heterocycles. The summed E-state index contributed by atoms with van der Waals surface area (Å²) >= 11 is 3.37. The Morgan fingerprint density at radius 3 is 2.84 bits per heavy atom. The molecular formula is C14H14BrF3N4O3. The summed E-state index contributed by atoms with van der Waals surface area (Å²) in [6.07, 6.45) is -3.90. The summed E-state index contributed by atoms with van der Waals surface area (Å²) in [5.74, 6) is -0.443. The Morgan fingerprint density at radius 1 is 1.48 bits per heavy atom. The van der Waals surface area contributed by atoms with Crippen LogP contribution in [0.15, 0.2) is 16.7 Å². The number of methoxy groups -OCH3 is 1. The van der Waals surface area contributed by atoms with E-state index < -0.39 is 18.4 Å². The predicted molar refractivity (Wildman–Crippen MR) is 82.8 cm³/mol. The third kappa shape index (κ3) is 3.93. The van der Waals surface area contributed by atoms with Crippen molar-refractivity contribution in [1.29, 1.82) is 0 Å². The first-order valence-corrected chi connectivity index (χ1v) is 8.14. The van der Waals surface area contributed by atoms with Gasteiger partial charge in [0, 0.05) is 19.3 Å². The van der Waals surface area contributed by atoms with Gasteiger partial charge in [0.15, 0.2) is 5.65 Å². The first-order chi connectivity index (χ1) is 11.8. The Balaban J connectivity index is 1.70. The van der Waals surface area contributed by atoms with E-state index in [1.807, 2.05) is 0 Å². The van der Waals surface area contributed by atoms with Crippen molar-refractivity contribution < 1.29 is 27.4 Å². The monoisotopic (exact) mass is 422 g/mol. The Bertz CT molecular complexity index is 789. The van der Waals surface area contributed by atoms with Gasteiger partial charge in [0.2, 0.25) is 0 Å². The Hall–Kier alpha value is -1.72. The van der Waals surface area contributed by atoms with Gasteiger partial charge in [-0.05, 0) is 34.8 Å². The van der Waals surface area contributed by atoms with Gasteiger partial charge in [-0.1, -0.05) is 0 Å². The zero-order valence-electron chi connectivity index (χ0n) is 13.0. The molecule has 2 aromatic heterocycles. The van der Waals surface area contributed by atoms with Gasteiger partial charge in [0.25, 0.3) is 5.91 Å². The van der Waals surface area contributed by atoms with Crippen LogP contribution in [0.3, 0.4) is 0 Å². The van der Waals surface area contributed by atoms with E-state index in [1.54, 1.807) is 0 Å². The average Bonchev–Trinajstić information content (AvgIpc) is 2.81. The maximum atomic E-state index is 12.4. The minimum atomic E-state index is -4.66. The summed E-state index contributed by atoms with van der Waals surface area (Å²) in [5, 5.41) is 6.97. The highest BCUT2D eigenvalue weighted by atomic mass is 79.9. The molecule has 2 heterocycles. The number of carbonyl (C=O) groups is 1. The molecule has 1 aliphatic rings. The third-order valence-electron chi connectivity index (χ3n) is 3.77. The zero-order chi connectivity index (χ0) is 18.2. The lowest BCUT2D eigenvalue weighted by Gasteiger charge is -2.35. The van der Waals surface area contributed by atoms with Gasteiger partial charge in [0.05, 0.1) is 17.2 Å². The van der Waals surface area contributed by atoms with E-state index in [1.165, 1.54) is 23.9 Å². The molecule has 0 aliphatic heterocycles. The van der Waals surface area contributed by atoms with Gasteiger partial charge >= 0.3 is 6.36 Å². The maximum absolute atomic E-state index is 12.4. The van der Waals surface area contributed by atoms with Gasteiger partial charge in [-0.25, -0.2) is 9.50 Å². The molecule has 0 aromatic carbocycles. The lowest BCUT2D eigenvalue weighted by Crippen LogP contribution is -2.49. The molecule has 3 rings (SSSR count). The van der Waals surface area contributed by atoms with E-state index in [0.29, 0.717) is 15.8 Å². The first-order valence-electron chi connectivity index (χ1n) is 7.35. The molecule has 1 fully saturated rings. The van der Waals surface area contributed by atoms with Crippen molar-refractivity contribution in [3.8, 4) is 0 Å². The first kappa shape index (κ1) is 18.1. The highest BCUT2D eigenvalue weighted by molar-refractivity contribution is 9.10. The largest absolute Gasteiger partial charge is 0.522 e. The summed E-state index contributed by atoms with van der Waals surface area (Å²) < 4.78 is 47.3. The summed E-state index contributed by atoms with van der Waals surface area (Å²) in [7, 11) is 1.52. The van der Waals surface area contributed by atoms with Crippen LogP contribution in [-0.2, 0) is 16.1 Å². The second-order valence-corrected chi connectivity index (χ2v) is 6.38. The molecular weight excluding hydrogens is 409 g/mol. The standard InChI is InChI=1S/C14H14BrF3N4O3/c1-24-6-9-11(15)12-19-3-2-10(22(12)21-9)13(23)20-7-4-8(5-7)25-14(16,17)18/h2-3,7-8H,4-6H2,1H3,(H,20,23)/t7-,8+. The number of hydrogen-bond acceptors (Lipinski definition) is 5. The average molecular weight is 423 g/mol. The van der Waals surface area contributed by atoms with Crippen molar-refractivity contribution >= 4 is 27.5 Å². The second kappa shape index (κ2) is 6.89. The van der Waals surface area contributed by atoms with Crippen molar-refractivity contribution in [2.45, 2.75) is 38.0 Å². The molecule has 7 nitrogen and oxygen atoms in total. The minimum absolute atomic E-state index is 0.108. The topological polar surface area (TPSA) is 77.8 Å². The molecule has 1 saturated carbocycles. The number of hydrogen-bond donors (Lipinski definition) is 1. The van der Waals surface area contributed by atoms with Crippen molar-refractivity contribution in [2.24, 2.45) is 0 Å². The maximum Gasteiger partial charge on any atom is 0.522 e. The fraction of sp³-hybridized carbons (Fsp3) is 0.500. The van der Waals surface area contributed by atoms with E-state index in [0.717, 1.165) is 0 Å². The molecule has 0 atom stereocenters. The number of amides is 1. The SMILES string of the molecule is COCc1nn2c(C(=O)N[C@H]3C[C@@H](OC(F)(F)F)C3)ccnc2c1Br. The van der Waals surface area contributed by atoms with Crippen LogP contribution in [0.1, 0.15) is 29.0 Å². The van der Waals surface area contributed by atoms with E-state index in [-0.39, 0.29) is 31.2 Å². The van der Waals surface area contributed by atoms with E-state index in [2.05, 4.69) is 36.1 Å². The van der Waals surface area contributed by atoms with Crippen LogP contribution in [0.4, 0.5) is 13.2 Å². The van der Waals surface area contributed by atoms with E-state index in [9.17, 15) is 18.0 Å². The Kier molecular flexibility index (Phi) is 4.98. The number of nitrogens with zero attached hydrogens (tertiary/aromatic N) is 3. The van der Waals surface area contributed by atoms with Gasteiger partial charge < -0.3 is 10.1 Å². The molecule has 136 valence electrons. The number of ether oxygens (including phenoxy) is 2. The van der Waals surface area contributed by atoms with Gasteiger partial charge in [-0.3, -0.25) is 9.53 Å². The lowest BCUT2D eigenvalue weighted by atomic mass is 9.89. The van der Waals surface area contributed by atoms with Gasteiger partial charge in [-0.15, -0.1) is 13.2 Å². The number of aromatic nitrogens is 3. The number of halogens is 4. The number of nitrogens with one attached hydrogen (secondary N) is 1. The van der Waals surface area contributed by atoms with Crippen molar-refractivity contribution in [2.75, 3.05) is 7.11 Å². The lowest BCUT2D eigenvalue weighted by molar-refractivity contribution is -0.351. The summed E-state index contributed by atoms with van der Waals surface area (Å²) in [4.78, 5) is 16.6. The van der Waals surface area contributed by atoms with Crippen LogP contribution in [-0.4, -0.2) is 46.1 Å². The molecule has 0 radical (unpaired) electrons. The Labute approximate surface area is 148 Å². The number of alkyl halides is 3. The summed E-state index contributed by atoms with van der Waals surface area (Å²) in [5.41, 5.74) is 1.26. The van der Waals surface area contributed by atoms with Gasteiger partial charge in [0.1, 0.15) is 11.4 Å². The van der Waals surface area contributed by atoms with Gasteiger partial charge in [-0.2, -0.15) is 5.10 Å². The molecule has 25 heavy (non-hydrogen) atoms. The summed E-state index contributed by atoms with van der Waals surface area (Å²) in [6, 6.07) is 1.11. The summed E-state index contributed by atoms with van der Waals surface area (Å²) in [6.45, 7) is 0.240. The minimum Gasteiger partial charge on any atom is -0.378 e. The van der Waals surface area contributed by atoms with Crippen LogP contribution < -0.4 is 5.32 Å². The molecule has 11 heteroatoms. The Morgan fingerprint density at radius 2 is 2.20 bits per heavy atom. The molecule has 2 aromatic rings. The fourth-order valence-corrected chi connectivity index (χ4v) is 3.06.